The molecule has 0 N–H and O–H groups in total. The lowest BCUT2D eigenvalue weighted by atomic mass is 10.4. The molecule has 1 nitrogen and oxygen atoms in total. The highest BCUT2D eigenvalue weighted by Gasteiger charge is 1.79. The van der Waals surface area contributed by atoms with Gasteiger partial charge in [-0.1, -0.05) is 13.3 Å². The van der Waals surface area contributed by atoms with Crippen LogP contribution in [0.3, 0.4) is 0 Å². The predicted octanol–water partition coefficient (Wildman–Crippen LogP) is 2.23. The molecule has 0 fully saturated rings. The first kappa shape index (κ1) is 8.76. The molecule has 0 saturated carbocycles. The molecule has 0 spiro atoms. The van der Waals surface area contributed by atoms with E-state index in [2.05, 4.69) is 6.92 Å². The van der Waals surface area contributed by atoms with Gasteiger partial charge in [0, 0.05) is 0 Å². The van der Waals surface area contributed by atoms with Crippen LogP contribution in [0.4, 0.5) is 0 Å². The third-order valence-corrected chi connectivity index (χ3v) is 1.74. The average Bonchev–Trinajstić information content (AvgIpc) is 1.89. The van der Waals surface area contributed by atoms with Crippen molar-refractivity contribution in [3.05, 3.63) is 11.5 Å². The molecule has 0 amide bonds. The van der Waals surface area contributed by atoms with E-state index in [1.165, 1.54) is 18.9 Å². The fraction of sp³-hybridized carbons (Fsp3) is 0.571. The van der Waals surface area contributed by atoms with Gasteiger partial charge >= 0.3 is 0 Å². The number of aldehydes is 1. The van der Waals surface area contributed by atoms with E-state index in [4.69, 9.17) is 0 Å². The van der Waals surface area contributed by atoms with Crippen LogP contribution in [-0.4, -0.2) is 12.0 Å². The number of rotatable bonds is 5. The number of hydrogen-bond donors (Lipinski definition) is 0. The van der Waals surface area contributed by atoms with Crippen molar-refractivity contribution >= 4 is 18.0 Å². The molecule has 9 heavy (non-hydrogen) atoms. The van der Waals surface area contributed by atoms with Crippen LogP contribution in [0, 0.1) is 0 Å². The van der Waals surface area contributed by atoms with Gasteiger partial charge in [0.1, 0.15) is 6.29 Å². The van der Waals surface area contributed by atoms with E-state index in [0.29, 0.717) is 0 Å². The molecule has 0 heterocycles. The van der Waals surface area contributed by atoms with Gasteiger partial charge in [0.2, 0.25) is 0 Å². The molecule has 2 heteroatoms. The predicted molar refractivity (Wildman–Crippen MR) is 42.6 cm³/mol. The van der Waals surface area contributed by atoms with E-state index in [-0.39, 0.29) is 0 Å². The SMILES string of the molecule is CCCCS/C=C/C=O. The van der Waals surface area contributed by atoms with Crippen LogP contribution in [0.5, 0.6) is 0 Å². The number of thioether (sulfide) groups is 1. The minimum atomic E-state index is 0.805. The van der Waals surface area contributed by atoms with E-state index in [1.54, 1.807) is 11.8 Å². The second-order valence-corrected chi connectivity index (χ2v) is 2.70. The Kier molecular flexibility index (Phi) is 7.55. The van der Waals surface area contributed by atoms with Gasteiger partial charge in [0.15, 0.2) is 0 Å². The molecule has 0 aromatic carbocycles. The summed E-state index contributed by atoms with van der Waals surface area (Å²) in [5.74, 6) is 1.13. The fourth-order valence-corrected chi connectivity index (χ4v) is 1.15. The van der Waals surface area contributed by atoms with E-state index in [0.717, 1.165) is 12.0 Å². The van der Waals surface area contributed by atoms with Crippen molar-refractivity contribution in [3.8, 4) is 0 Å². The van der Waals surface area contributed by atoms with Crippen molar-refractivity contribution in [2.24, 2.45) is 0 Å². The average molecular weight is 144 g/mol. The first-order valence-electron chi connectivity index (χ1n) is 3.13. The zero-order chi connectivity index (χ0) is 6.95. The first-order chi connectivity index (χ1) is 4.41. The highest BCUT2D eigenvalue weighted by Crippen LogP contribution is 2.04. The summed E-state index contributed by atoms with van der Waals surface area (Å²) in [7, 11) is 0. The minimum absolute atomic E-state index is 0.805. The number of hydrogen-bond acceptors (Lipinski definition) is 2. The van der Waals surface area contributed by atoms with Gasteiger partial charge in [-0.05, 0) is 23.7 Å². The molecule has 52 valence electrons. The summed E-state index contributed by atoms with van der Waals surface area (Å²) in [5, 5.41) is 1.84. The summed E-state index contributed by atoms with van der Waals surface area (Å²) < 4.78 is 0. The zero-order valence-corrected chi connectivity index (χ0v) is 6.49. The molecule has 0 aromatic heterocycles. The number of unbranched alkanes of at least 4 members (excludes halogenated alkanes) is 1. The van der Waals surface area contributed by atoms with Gasteiger partial charge in [-0.2, -0.15) is 0 Å². The Morgan fingerprint density at radius 3 is 2.89 bits per heavy atom. The van der Waals surface area contributed by atoms with Gasteiger partial charge in [-0.15, -0.1) is 11.8 Å². The highest BCUT2D eigenvalue weighted by atomic mass is 32.2. The second kappa shape index (κ2) is 7.76. The van der Waals surface area contributed by atoms with Gasteiger partial charge < -0.3 is 0 Å². The van der Waals surface area contributed by atoms with Crippen LogP contribution in [-0.2, 0) is 4.79 Å². The minimum Gasteiger partial charge on any atom is -0.299 e. The Hall–Kier alpha value is -0.240. The van der Waals surface area contributed by atoms with Crippen molar-refractivity contribution in [2.75, 3.05) is 5.75 Å². The lowest BCUT2D eigenvalue weighted by Gasteiger charge is -1.88. The van der Waals surface area contributed by atoms with Crippen LogP contribution < -0.4 is 0 Å². The normalized spacial score (nSPS) is 10.3. The summed E-state index contributed by atoms with van der Waals surface area (Å²) in [4.78, 5) is 9.74. The van der Waals surface area contributed by atoms with Gasteiger partial charge in [-0.25, -0.2) is 0 Å². The van der Waals surface area contributed by atoms with Gasteiger partial charge in [-0.3, -0.25) is 4.79 Å². The Bertz CT molecular complexity index is 88.9. The zero-order valence-electron chi connectivity index (χ0n) is 5.67. The number of carbonyl (C=O) groups is 1. The van der Waals surface area contributed by atoms with Gasteiger partial charge in [0.05, 0.1) is 0 Å². The van der Waals surface area contributed by atoms with Crippen LogP contribution in [0.1, 0.15) is 19.8 Å². The maximum atomic E-state index is 9.74. The molecule has 0 aromatic rings. The van der Waals surface area contributed by atoms with Crippen molar-refractivity contribution in [1.29, 1.82) is 0 Å². The van der Waals surface area contributed by atoms with Gasteiger partial charge in [0.25, 0.3) is 0 Å². The topological polar surface area (TPSA) is 17.1 Å². The molecule has 0 radical (unpaired) electrons. The maximum absolute atomic E-state index is 9.74. The van der Waals surface area contributed by atoms with Crippen molar-refractivity contribution in [1.82, 2.24) is 0 Å². The standard InChI is InChI=1S/C7H12OS/c1-2-3-6-9-7-4-5-8/h4-5,7H,2-3,6H2,1H3/b7-4+. The summed E-state index contributed by atoms with van der Waals surface area (Å²) in [6, 6.07) is 0. The molecule has 0 saturated heterocycles. The van der Waals surface area contributed by atoms with E-state index >= 15 is 0 Å². The third-order valence-electron chi connectivity index (χ3n) is 0.869. The lowest BCUT2D eigenvalue weighted by molar-refractivity contribution is -0.104. The smallest absolute Gasteiger partial charge is 0.143 e. The second-order valence-electron chi connectivity index (χ2n) is 1.69. The Morgan fingerprint density at radius 1 is 1.56 bits per heavy atom. The monoisotopic (exact) mass is 144 g/mol. The summed E-state index contributed by atoms with van der Waals surface area (Å²) >= 11 is 1.69. The van der Waals surface area contributed by atoms with Crippen molar-refractivity contribution in [3.63, 3.8) is 0 Å². The molecule has 0 aliphatic heterocycles. The molecule has 0 aliphatic rings. The molecule has 0 bridgehead atoms. The molecular formula is C7H12OS. The van der Waals surface area contributed by atoms with Crippen LogP contribution in [0.25, 0.3) is 0 Å². The van der Waals surface area contributed by atoms with Crippen LogP contribution in [0.15, 0.2) is 11.5 Å². The highest BCUT2D eigenvalue weighted by molar-refractivity contribution is 8.02. The molecule has 0 rings (SSSR count). The molecular weight excluding hydrogens is 132 g/mol. The Labute approximate surface area is 60.5 Å². The van der Waals surface area contributed by atoms with Crippen LogP contribution in [0.2, 0.25) is 0 Å². The number of allylic oxidation sites excluding steroid dienone is 1. The van der Waals surface area contributed by atoms with Crippen molar-refractivity contribution in [2.45, 2.75) is 19.8 Å². The molecule has 0 aliphatic carbocycles. The van der Waals surface area contributed by atoms with Crippen molar-refractivity contribution < 1.29 is 4.79 Å². The van der Waals surface area contributed by atoms with E-state index in [1.807, 2.05) is 5.41 Å². The lowest BCUT2D eigenvalue weighted by Crippen LogP contribution is -1.72. The summed E-state index contributed by atoms with van der Waals surface area (Å²) in [6.07, 6.45) is 4.79. The maximum Gasteiger partial charge on any atom is 0.143 e. The Balaban J connectivity index is 2.90. The van der Waals surface area contributed by atoms with E-state index in [9.17, 15) is 4.79 Å². The molecule has 0 unspecified atom stereocenters. The molecule has 0 atom stereocenters. The first-order valence-corrected chi connectivity index (χ1v) is 4.18. The summed E-state index contributed by atoms with van der Waals surface area (Å²) in [5.41, 5.74) is 0. The largest absolute Gasteiger partial charge is 0.299 e. The summed E-state index contributed by atoms with van der Waals surface area (Å²) in [6.45, 7) is 2.16. The van der Waals surface area contributed by atoms with Crippen LogP contribution >= 0.6 is 11.8 Å². The fourth-order valence-electron chi connectivity index (χ4n) is 0.383. The third kappa shape index (κ3) is 7.76. The quantitative estimate of drug-likeness (QED) is 0.334. The number of carbonyl (C=O) groups excluding carboxylic acids is 1. The Morgan fingerprint density at radius 2 is 2.33 bits per heavy atom. The van der Waals surface area contributed by atoms with E-state index < -0.39 is 0 Å².